The third kappa shape index (κ3) is 5.04. The van der Waals surface area contributed by atoms with E-state index >= 15 is 0 Å². The van der Waals surface area contributed by atoms with Gasteiger partial charge >= 0.3 is 0 Å². The number of benzene rings is 9. The van der Waals surface area contributed by atoms with E-state index in [1.807, 2.05) is 24.3 Å². The number of ether oxygens (including phenoxy) is 1. The molecule has 0 N–H and O–H groups in total. The Morgan fingerprint density at radius 3 is 1.44 bits per heavy atom. The second kappa shape index (κ2) is 13.4. The third-order valence-corrected chi connectivity index (χ3v) is 12.9. The van der Waals surface area contributed by atoms with Gasteiger partial charge in [0, 0.05) is 38.6 Å². The minimum atomic E-state index is -0.586. The highest BCUT2D eigenvalue weighted by molar-refractivity contribution is 6.13. The lowest BCUT2D eigenvalue weighted by Crippen LogP contribution is -2.32. The Hall–Kier alpha value is -8.21. The molecule has 0 saturated heterocycles. The number of fused-ring (bicyclic) bond motifs is 13. The first-order valence-corrected chi connectivity index (χ1v) is 21.1. The summed E-state index contributed by atoms with van der Waals surface area (Å²) >= 11 is 0. The maximum atomic E-state index is 6.98. The lowest BCUT2D eigenvalue weighted by molar-refractivity contribution is 0.437. The first-order valence-electron chi connectivity index (χ1n) is 21.1. The minimum Gasteiger partial charge on any atom is -0.457 e. The Kier molecular flexibility index (Phi) is 7.49. The average molecular weight is 790 g/mol. The van der Waals surface area contributed by atoms with Crippen molar-refractivity contribution in [2.45, 2.75) is 5.41 Å². The Labute approximate surface area is 358 Å². The van der Waals surface area contributed by atoms with Gasteiger partial charge in [-0.1, -0.05) is 170 Å². The molecule has 62 heavy (non-hydrogen) atoms. The topological polar surface area (TPSA) is 47.9 Å². The van der Waals surface area contributed by atoms with Crippen LogP contribution in [-0.2, 0) is 5.41 Å². The molecule has 0 fully saturated rings. The molecule has 0 radical (unpaired) electrons. The summed E-state index contributed by atoms with van der Waals surface area (Å²) in [5.74, 6) is 1.71. The number of hydrogen-bond donors (Lipinski definition) is 0. The SMILES string of the molecule is c1ccc(-c2nc3ccc(-c4ccc5nc(-c6ccccc6)c6cc7c(cc6c5c4)C4(c5ccccc5O7)c5ccccc5-c5ccccc54)cc3nc2-c2ccccc2)cc1. The second-order valence-corrected chi connectivity index (χ2v) is 16.2. The Balaban J connectivity index is 1.07. The molecule has 1 spiro atoms. The van der Waals surface area contributed by atoms with E-state index in [9.17, 15) is 0 Å². The predicted octanol–water partition coefficient (Wildman–Crippen LogP) is 14.5. The summed E-state index contributed by atoms with van der Waals surface area (Å²) in [6, 6.07) is 75.3. The monoisotopic (exact) mass is 789 g/mol. The summed E-state index contributed by atoms with van der Waals surface area (Å²) in [7, 11) is 0. The van der Waals surface area contributed by atoms with Gasteiger partial charge in [-0.2, -0.15) is 0 Å². The Bertz CT molecular complexity index is 3560. The summed E-state index contributed by atoms with van der Waals surface area (Å²) < 4.78 is 6.98. The molecule has 0 bridgehead atoms. The molecule has 2 aromatic heterocycles. The molecule has 13 rings (SSSR count). The van der Waals surface area contributed by atoms with E-state index in [-0.39, 0.29) is 0 Å². The summed E-state index contributed by atoms with van der Waals surface area (Å²) in [6.07, 6.45) is 0. The van der Waals surface area contributed by atoms with Gasteiger partial charge in [0.2, 0.25) is 0 Å². The molecule has 0 unspecified atom stereocenters. The van der Waals surface area contributed by atoms with Crippen molar-refractivity contribution in [1.29, 1.82) is 0 Å². The van der Waals surface area contributed by atoms with Crippen LogP contribution in [0, 0.1) is 0 Å². The summed E-state index contributed by atoms with van der Waals surface area (Å²) in [5, 5.41) is 3.24. The highest BCUT2D eigenvalue weighted by atomic mass is 16.5. The van der Waals surface area contributed by atoms with Gasteiger partial charge in [0.1, 0.15) is 11.5 Å². The zero-order valence-corrected chi connectivity index (χ0v) is 33.5. The highest BCUT2D eigenvalue weighted by Gasteiger charge is 2.51. The zero-order chi connectivity index (χ0) is 40.8. The number of nitrogens with zero attached hydrogens (tertiary/aromatic N) is 3. The van der Waals surface area contributed by atoms with Crippen LogP contribution in [0.4, 0.5) is 0 Å². The normalized spacial score (nSPS) is 13.1. The van der Waals surface area contributed by atoms with E-state index < -0.39 is 5.41 Å². The van der Waals surface area contributed by atoms with E-state index in [1.165, 1.54) is 22.3 Å². The van der Waals surface area contributed by atoms with Crippen molar-refractivity contribution in [3.8, 4) is 67.5 Å². The molecule has 0 amide bonds. The van der Waals surface area contributed by atoms with Gasteiger partial charge in [-0.05, 0) is 81.2 Å². The fourth-order valence-corrected chi connectivity index (χ4v) is 10.2. The van der Waals surface area contributed by atoms with Crippen LogP contribution in [0.2, 0.25) is 0 Å². The number of aromatic nitrogens is 3. The molecule has 3 heterocycles. The van der Waals surface area contributed by atoms with Crippen LogP contribution >= 0.6 is 0 Å². The van der Waals surface area contributed by atoms with E-state index in [1.54, 1.807) is 0 Å². The smallest absolute Gasteiger partial charge is 0.132 e. The van der Waals surface area contributed by atoms with Crippen molar-refractivity contribution >= 4 is 32.7 Å². The van der Waals surface area contributed by atoms with Crippen LogP contribution in [0.15, 0.2) is 212 Å². The summed E-state index contributed by atoms with van der Waals surface area (Å²) in [4.78, 5) is 16.0. The largest absolute Gasteiger partial charge is 0.457 e. The van der Waals surface area contributed by atoms with Crippen molar-refractivity contribution in [3.05, 3.63) is 235 Å². The van der Waals surface area contributed by atoms with Crippen molar-refractivity contribution in [2.24, 2.45) is 0 Å². The molecule has 4 heteroatoms. The van der Waals surface area contributed by atoms with Gasteiger partial charge in [-0.25, -0.2) is 15.0 Å². The van der Waals surface area contributed by atoms with E-state index in [0.717, 1.165) is 100 Å². The molecule has 0 saturated carbocycles. The maximum absolute atomic E-state index is 6.98. The molecule has 9 aromatic carbocycles. The Morgan fingerprint density at radius 2 is 0.790 bits per heavy atom. The molecule has 11 aromatic rings. The lowest BCUT2D eigenvalue weighted by Gasteiger charge is -2.39. The maximum Gasteiger partial charge on any atom is 0.132 e. The van der Waals surface area contributed by atoms with E-state index in [2.05, 4.69) is 188 Å². The molecule has 0 atom stereocenters. The zero-order valence-electron chi connectivity index (χ0n) is 33.5. The molecular weight excluding hydrogens is 755 g/mol. The molecule has 288 valence electrons. The third-order valence-electron chi connectivity index (χ3n) is 12.9. The quantitative estimate of drug-likeness (QED) is 0.167. The van der Waals surface area contributed by atoms with E-state index in [4.69, 9.17) is 19.7 Å². The van der Waals surface area contributed by atoms with Gasteiger partial charge < -0.3 is 4.74 Å². The molecular formula is C58H35N3O. The van der Waals surface area contributed by atoms with Crippen LogP contribution in [-0.4, -0.2) is 15.0 Å². The summed E-state index contributed by atoms with van der Waals surface area (Å²) in [6.45, 7) is 0. The fourth-order valence-electron chi connectivity index (χ4n) is 10.2. The first-order chi connectivity index (χ1) is 30.7. The van der Waals surface area contributed by atoms with Crippen molar-refractivity contribution in [1.82, 2.24) is 15.0 Å². The van der Waals surface area contributed by atoms with Crippen LogP contribution in [0.3, 0.4) is 0 Å². The predicted molar refractivity (Wildman–Crippen MR) is 251 cm³/mol. The average Bonchev–Trinajstić information content (AvgIpc) is 3.64. The fraction of sp³-hybridized carbons (Fsp3) is 0.0172. The molecule has 1 aliphatic heterocycles. The van der Waals surface area contributed by atoms with Crippen molar-refractivity contribution in [2.75, 3.05) is 0 Å². The van der Waals surface area contributed by atoms with Gasteiger partial charge in [-0.15, -0.1) is 0 Å². The van der Waals surface area contributed by atoms with Gasteiger partial charge in [0.25, 0.3) is 0 Å². The van der Waals surface area contributed by atoms with Gasteiger partial charge in [0.15, 0.2) is 0 Å². The number of pyridine rings is 1. The molecule has 4 nitrogen and oxygen atoms in total. The van der Waals surface area contributed by atoms with Gasteiger partial charge in [0.05, 0.1) is 39.0 Å². The van der Waals surface area contributed by atoms with E-state index in [0.29, 0.717) is 0 Å². The van der Waals surface area contributed by atoms with Crippen LogP contribution in [0.25, 0.3) is 88.7 Å². The lowest BCUT2D eigenvalue weighted by atomic mass is 9.65. The minimum absolute atomic E-state index is 0.586. The summed E-state index contributed by atoms with van der Waals surface area (Å²) in [5.41, 5.74) is 17.3. The Morgan fingerprint density at radius 1 is 0.290 bits per heavy atom. The molecule has 1 aliphatic carbocycles. The number of para-hydroxylation sites is 1. The first kappa shape index (κ1) is 34.6. The second-order valence-electron chi connectivity index (χ2n) is 16.2. The van der Waals surface area contributed by atoms with Gasteiger partial charge in [-0.3, -0.25) is 0 Å². The number of rotatable bonds is 4. The number of hydrogen-bond acceptors (Lipinski definition) is 4. The highest BCUT2D eigenvalue weighted by Crippen LogP contribution is 2.62. The van der Waals surface area contributed by atoms with Crippen molar-refractivity contribution < 1.29 is 4.74 Å². The van der Waals surface area contributed by atoms with Crippen molar-refractivity contribution in [3.63, 3.8) is 0 Å². The van der Waals surface area contributed by atoms with Crippen LogP contribution < -0.4 is 4.74 Å². The standard InChI is InChI=1S/C58H35N3O/c1-4-16-36(17-5-1)55-45-35-54-49(58(48-26-14-15-27-53(48)62-54)46-24-12-10-22-41(46)42-23-11-13-25-47(42)58)34-43(45)44-32-39(28-30-50(44)59-55)40-29-31-51-52(33-40)61-57(38-20-8-3-9-21-38)56(60-51)37-18-6-2-7-19-37/h1-35H. The van der Waals surface area contributed by atoms with Crippen LogP contribution in [0.1, 0.15) is 22.3 Å². The van der Waals surface area contributed by atoms with Crippen LogP contribution in [0.5, 0.6) is 11.5 Å². The molecule has 2 aliphatic rings.